The number of hydrogen-bond donors (Lipinski definition) is 1. The van der Waals surface area contributed by atoms with Crippen LogP contribution in [-0.2, 0) is 4.74 Å². The lowest BCUT2D eigenvalue weighted by Crippen LogP contribution is -2.05. The summed E-state index contributed by atoms with van der Waals surface area (Å²) in [5.74, 6) is -0.158. The lowest BCUT2D eigenvalue weighted by Gasteiger charge is -2.07. The molecule has 1 N–H and O–H groups in total. The summed E-state index contributed by atoms with van der Waals surface area (Å²) in [6, 6.07) is 6.56. The van der Waals surface area contributed by atoms with Crippen LogP contribution in [0.15, 0.2) is 24.3 Å². The first kappa shape index (κ1) is 14.0. The van der Waals surface area contributed by atoms with Crippen LogP contribution in [-0.4, -0.2) is 27.7 Å². The monoisotopic (exact) mass is 272 g/mol. The number of phenolic OH excluding ortho intramolecular Hbond substituents is 1. The second kappa shape index (κ2) is 5.69. The van der Waals surface area contributed by atoms with Gasteiger partial charge >= 0.3 is 5.97 Å². The summed E-state index contributed by atoms with van der Waals surface area (Å²) in [4.78, 5) is 20.2. The van der Waals surface area contributed by atoms with Gasteiger partial charge in [0.1, 0.15) is 11.3 Å². The zero-order valence-corrected chi connectivity index (χ0v) is 11.7. The van der Waals surface area contributed by atoms with Gasteiger partial charge in [0.2, 0.25) is 0 Å². The molecule has 0 aliphatic heterocycles. The molecule has 0 saturated carbocycles. The van der Waals surface area contributed by atoms with Gasteiger partial charge in [0.15, 0.2) is 5.82 Å². The van der Waals surface area contributed by atoms with Crippen molar-refractivity contribution in [3.8, 4) is 17.1 Å². The van der Waals surface area contributed by atoms with Gasteiger partial charge in [0.05, 0.1) is 6.61 Å². The van der Waals surface area contributed by atoms with Crippen LogP contribution in [0.4, 0.5) is 0 Å². The predicted octanol–water partition coefficient (Wildman–Crippen LogP) is 2.64. The van der Waals surface area contributed by atoms with E-state index in [0.717, 1.165) is 11.4 Å². The Bertz CT molecular complexity index is 633. The van der Waals surface area contributed by atoms with Gasteiger partial charge in [-0.1, -0.05) is 6.07 Å². The van der Waals surface area contributed by atoms with Crippen molar-refractivity contribution in [2.75, 3.05) is 6.61 Å². The van der Waals surface area contributed by atoms with Crippen molar-refractivity contribution < 1.29 is 14.6 Å². The molecule has 5 nitrogen and oxygen atoms in total. The number of hydrogen-bond acceptors (Lipinski definition) is 5. The lowest BCUT2D eigenvalue weighted by atomic mass is 10.1. The highest BCUT2D eigenvalue weighted by molar-refractivity contribution is 5.93. The fraction of sp³-hybridized carbons (Fsp3) is 0.267. The molecule has 0 bridgehead atoms. The summed E-state index contributed by atoms with van der Waals surface area (Å²) < 4.78 is 4.86. The molecule has 1 heterocycles. The van der Waals surface area contributed by atoms with Crippen molar-refractivity contribution >= 4 is 5.97 Å². The van der Waals surface area contributed by atoms with Gasteiger partial charge in [-0.25, -0.2) is 14.8 Å². The van der Waals surface area contributed by atoms with Crippen LogP contribution in [0.2, 0.25) is 0 Å². The van der Waals surface area contributed by atoms with Crippen molar-refractivity contribution in [1.82, 2.24) is 9.97 Å². The van der Waals surface area contributed by atoms with Gasteiger partial charge in [-0.2, -0.15) is 0 Å². The Morgan fingerprint density at radius 1 is 1.20 bits per heavy atom. The Morgan fingerprint density at radius 3 is 2.40 bits per heavy atom. The van der Waals surface area contributed by atoms with Gasteiger partial charge in [-0.05, 0) is 39.0 Å². The Labute approximate surface area is 117 Å². The summed E-state index contributed by atoms with van der Waals surface area (Å²) in [6.07, 6.45) is 0. The van der Waals surface area contributed by atoms with Crippen molar-refractivity contribution in [1.29, 1.82) is 0 Å². The molecule has 2 rings (SSSR count). The quantitative estimate of drug-likeness (QED) is 0.870. The maximum Gasteiger partial charge on any atom is 0.341 e. The van der Waals surface area contributed by atoms with E-state index >= 15 is 0 Å². The molecule has 0 atom stereocenters. The summed E-state index contributed by atoms with van der Waals surface area (Å²) in [5, 5.41) is 9.93. The number of rotatable bonds is 3. The van der Waals surface area contributed by atoms with Crippen molar-refractivity contribution in [3.05, 3.63) is 41.2 Å². The third-order valence-corrected chi connectivity index (χ3v) is 2.73. The maximum atomic E-state index is 11.6. The number of benzene rings is 1. The standard InChI is InChI=1S/C15H16N2O3/c1-4-20-15(19)12-6-5-11(8-13(12)18)14-16-9(2)7-10(3)17-14/h5-8,18H,4H2,1-3H3. The van der Waals surface area contributed by atoms with Crippen LogP contribution in [0.25, 0.3) is 11.4 Å². The smallest absolute Gasteiger partial charge is 0.341 e. The summed E-state index contributed by atoms with van der Waals surface area (Å²) in [6.45, 7) is 5.74. The minimum Gasteiger partial charge on any atom is -0.507 e. The van der Waals surface area contributed by atoms with Gasteiger partial charge in [0.25, 0.3) is 0 Å². The molecule has 104 valence electrons. The van der Waals surface area contributed by atoms with Crippen molar-refractivity contribution in [3.63, 3.8) is 0 Å². The average Bonchev–Trinajstić information content (AvgIpc) is 2.37. The first-order valence-electron chi connectivity index (χ1n) is 6.34. The maximum absolute atomic E-state index is 11.6. The fourth-order valence-corrected chi connectivity index (χ4v) is 1.91. The molecule has 0 spiro atoms. The van der Waals surface area contributed by atoms with E-state index in [1.165, 1.54) is 12.1 Å². The lowest BCUT2D eigenvalue weighted by molar-refractivity contribution is 0.0523. The molecule has 20 heavy (non-hydrogen) atoms. The van der Waals surface area contributed by atoms with Crippen LogP contribution in [0.1, 0.15) is 28.7 Å². The highest BCUT2D eigenvalue weighted by Gasteiger charge is 2.14. The Balaban J connectivity index is 2.40. The van der Waals surface area contributed by atoms with Gasteiger partial charge in [0, 0.05) is 17.0 Å². The van der Waals surface area contributed by atoms with Gasteiger partial charge < -0.3 is 9.84 Å². The van der Waals surface area contributed by atoms with Crippen LogP contribution >= 0.6 is 0 Å². The van der Waals surface area contributed by atoms with E-state index in [2.05, 4.69) is 9.97 Å². The molecule has 0 amide bonds. The molecule has 0 aliphatic rings. The molecule has 2 aromatic rings. The minimum absolute atomic E-state index is 0.135. The third kappa shape index (κ3) is 2.93. The molecule has 0 unspecified atom stereocenters. The summed E-state index contributed by atoms with van der Waals surface area (Å²) >= 11 is 0. The second-order valence-corrected chi connectivity index (χ2v) is 4.43. The molecule has 0 radical (unpaired) electrons. The Morgan fingerprint density at radius 2 is 1.85 bits per heavy atom. The number of phenols is 1. The molecule has 5 heteroatoms. The van der Waals surface area contributed by atoms with E-state index in [4.69, 9.17) is 4.74 Å². The number of esters is 1. The molecule has 1 aromatic heterocycles. The number of ether oxygens (including phenoxy) is 1. The SMILES string of the molecule is CCOC(=O)c1ccc(-c2nc(C)cc(C)n2)cc1O. The van der Waals surface area contributed by atoms with E-state index in [9.17, 15) is 9.90 Å². The van der Waals surface area contributed by atoms with Crippen LogP contribution in [0.3, 0.4) is 0 Å². The number of aromatic hydroxyl groups is 1. The summed E-state index contributed by atoms with van der Waals surface area (Å²) in [5.41, 5.74) is 2.49. The summed E-state index contributed by atoms with van der Waals surface area (Å²) in [7, 11) is 0. The highest BCUT2D eigenvalue weighted by Crippen LogP contribution is 2.25. The average molecular weight is 272 g/mol. The first-order chi connectivity index (χ1) is 9.51. The second-order valence-electron chi connectivity index (χ2n) is 4.43. The normalized spacial score (nSPS) is 10.3. The van der Waals surface area contributed by atoms with Crippen LogP contribution in [0.5, 0.6) is 5.75 Å². The van der Waals surface area contributed by atoms with Crippen LogP contribution in [0, 0.1) is 13.8 Å². The Hall–Kier alpha value is -2.43. The van der Waals surface area contributed by atoms with Crippen molar-refractivity contribution in [2.24, 2.45) is 0 Å². The fourth-order valence-electron chi connectivity index (χ4n) is 1.91. The van der Waals surface area contributed by atoms with Crippen LogP contribution < -0.4 is 0 Å². The van der Waals surface area contributed by atoms with E-state index in [1.54, 1.807) is 13.0 Å². The minimum atomic E-state index is -0.544. The molecule has 0 aliphatic carbocycles. The number of aryl methyl sites for hydroxylation is 2. The molecule has 0 saturated heterocycles. The number of aromatic nitrogens is 2. The first-order valence-corrected chi connectivity index (χ1v) is 6.34. The number of carbonyl (C=O) groups is 1. The van der Waals surface area contributed by atoms with Gasteiger partial charge in [-0.15, -0.1) is 0 Å². The van der Waals surface area contributed by atoms with E-state index in [1.807, 2.05) is 19.9 Å². The zero-order chi connectivity index (χ0) is 14.7. The molecule has 1 aromatic carbocycles. The number of carbonyl (C=O) groups excluding carboxylic acids is 1. The number of nitrogens with zero attached hydrogens (tertiary/aromatic N) is 2. The predicted molar refractivity (Wildman–Crippen MR) is 74.6 cm³/mol. The Kier molecular flexibility index (Phi) is 3.98. The van der Waals surface area contributed by atoms with Crippen molar-refractivity contribution in [2.45, 2.75) is 20.8 Å². The molecule has 0 fully saturated rings. The topological polar surface area (TPSA) is 72.3 Å². The third-order valence-electron chi connectivity index (χ3n) is 2.73. The molecular formula is C15H16N2O3. The molecular weight excluding hydrogens is 256 g/mol. The van der Waals surface area contributed by atoms with Gasteiger partial charge in [-0.3, -0.25) is 0 Å². The largest absolute Gasteiger partial charge is 0.507 e. The van der Waals surface area contributed by atoms with E-state index in [0.29, 0.717) is 11.4 Å². The van der Waals surface area contributed by atoms with E-state index < -0.39 is 5.97 Å². The zero-order valence-electron chi connectivity index (χ0n) is 11.7. The highest BCUT2D eigenvalue weighted by atomic mass is 16.5. The van der Waals surface area contributed by atoms with E-state index in [-0.39, 0.29) is 17.9 Å².